The highest BCUT2D eigenvalue weighted by Crippen LogP contribution is 2.31. The lowest BCUT2D eigenvalue weighted by Crippen LogP contribution is -2.47. The third kappa shape index (κ3) is 6.22. The Morgan fingerprint density at radius 3 is 2.03 bits per heavy atom. The molecular weight excluding hydrogens is 539 g/mol. The van der Waals surface area contributed by atoms with Crippen LogP contribution < -0.4 is 25.2 Å². The van der Waals surface area contributed by atoms with Crippen molar-refractivity contribution in [1.82, 2.24) is 5.32 Å². The summed E-state index contributed by atoms with van der Waals surface area (Å²) in [6.07, 6.45) is 0. The van der Waals surface area contributed by atoms with Crippen LogP contribution >= 0.6 is 12.2 Å². The summed E-state index contributed by atoms with van der Waals surface area (Å²) in [5.41, 5.74) is 2.48. The molecule has 0 unspecified atom stereocenters. The third-order valence-electron chi connectivity index (χ3n) is 6.44. The minimum atomic E-state index is -2.18. The van der Waals surface area contributed by atoms with E-state index in [4.69, 9.17) is 17.0 Å². The minimum absolute atomic E-state index is 0.0542. The van der Waals surface area contributed by atoms with Crippen molar-refractivity contribution in [2.75, 3.05) is 47.9 Å². The van der Waals surface area contributed by atoms with Crippen LogP contribution in [0.3, 0.4) is 0 Å². The summed E-state index contributed by atoms with van der Waals surface area (Å²) >= 11 is 5.20. The molecule has 39 heavy (non-hydrogen) atoms. The number of thiocarbonyl (C=S) groups is 1. The first-order chi connectivity index (χ1) is 18.6. The second kappa shape index (κ2) is 11.9. The van der Waals surface area contributed by atoms with E-state index in [9.17, 15) is 26.7 Å². The van der Waals surface area contributed by atoms with Gasteiger partial charge in [-0.1, -0.05) is 12.1 Å². The van der Waals surface area contributed by atoms with Crippen molar-refractivity contribution in [3.05, 3.63) is 82.7 Å². The fraction of sp³-hybridized carbons (Fsp3) is 0.259. The molecule has 1 amide bonds. The first kappa shape index (κ1) is 28.1. The Hall–Kier alpha value is -3.93. The molecule has 3 aromatic carbocycles. The highest BCUT2D eigenvalue weighted by atomic mass is 32.1. The predicted molar refractivity (Wildman–Crippen MR) is 143 cm³/mol. The second-order valence-corrected chi connectivity index (χ2v) is 9.34. The number of hydrogen-bond acceptors (Lipinski definition) is 5. The number of anilines is 3. The van der Waals surface area contributed by atoms with E-state index in [2.05, 4.69) is 10.6 Å². The van der Waals surface area contributed by atoms with Gasteiger partial charge in [0.2, 0.25) is 5.82 Å². The highest BCUT2D eigenvalue weighted by molar-refractivity contribution is 7.80. The number of carbonyl (C=O) groups is 1. The maximum absolute atomic E-state index is 14.2. The maximum atomic E-state index is 14.2. The van der Waals surface area contributed by atoms with E-state index >= 15 is 0 Å². The Balaban J connectivity index is 1.28. The fourth-order valence-electron chi connectivity index (χ4n) is 4.16. The topological polar surface area (TPSA) is 56.8 Å². The van der Waals surface area contributed by atoms with Crippen LogP contribution in [-0.4, -0.2) is 43.8 Å². The minimum Gasteiger partial charge on any atom is -0.483 e. The number of nitrogens with one attached hydrogen (secondary N) is 2. The van der Waals surface area contributed by atoms with Crippen LogP contribution in [0.4, 0.5) is 39.0 Å². The number of benzene rings is 3. The van der Waals surface area contributed by atoms with E-state index in [0.717, 1.165) is 21.7 Å². The number of carbonyl (C=O) groups excluding carboxylic acids is 1. The van der Waals surface area contributed by atoms with E-state index < -0.39 is 40.7 Å². The molecule has 1 aliphatic rings. The number of ether oxygens (including phenoxy) is 1. The summed E-state index contributed by atoms with van der Waals surface area (Å²) < 4.78 is 74.4. The van der Waals surface area contributed by atoms with Crippen LogP contribution in [0.1, 0.15) is 11.1 Å². The van der Waals surface area contributed by atoms with Gasteiger partial charge in [-0.05, 0) is 67.5 Å². The zero-order chi connectivity index (χ0) is 28.3. The van der Waals surface area contributed by atoms with E-state index in [0.29, 0.717) is 24.5 Å². The van der Waals surface area contributed by atoms with Crippen LogP contribution in [0, 0.1) is 42.9 Å². The Kier molecular flexibility index (Phi) is 8.54. The predicted octanol–water partition coefficient (Wildman–Crippen LogP) is 5.22. The smallest absolute Gasteiger partial charge is 0.264 e. The lowest BCUT2D eigenvalue weighted by atomic mass is 10.1. The van der Waals surface area contributed by atoms with Crippen molar-refractivity contribution in [3.63, 3.8) is 0 Å². The summed E-state index contributed by atoms with van der Waals surface area (Å²) in [5.74, 6) is -9.57. The van der Waals surface area contributed by atoms with Gasteiger partial charge < -0.3 is 19.9 Å². The summed E-state index contributed by atoms with van der Waals surface area (Å²) in [6.45, 7) is 4.35. The quantitative estimate of drug-likeness (QED) is 0.186. The molecule has 0 atom stereocenters. The van der Waals surface area contributed by atoms with Gasteiger partial charge in [0.1, 0.15) is 11.4 Å². The summed E-state index contributed by atoms with van der Waals surface area (Å²) in [6, 6.07) is 12.6. The molecule has 1 heterocycles. The average molecular weight is 565 g/mol. The average Bonchev–Trinajstić information content (AvgIpc) is 2.92. The number of halogens is 5. The van der Waals surface area contributed by atoms with Crippen LogP contribution in [0.2, 0.25) is 0 Å². The number of nitrogens with zero attached hydrogens (tertiary/aromatic N) is 2. The molecule has 12 heteroatoms. The summed E-state index contributed by atoms with van der Waals surface area (Å²) in [4.78, 5) is 15.3. The first-order valence-corrected chi connectivity index (χ1v) is 12.4. The van der Waals surface area contributed by atoms with Gasteiger partial charge in [-0.2, -0.15) is 0 Å². The maximum Gasteiger partial charge on any atom is 0.264 e. The molecule has 0 aliphatic carbocycles. The van der Waals surface area contributed by atoms with Crippen molar-refractivity contribution in [2.24, 2.45) is 0 Å². The molecule has 0 radical (unpaired) electrons. The van der Waals surface area contributed by atoms with Gasteiger partial charge in [0.25, 0.3) is 5.91 Å². The van der Waals surface area contributed by atoms with Crippen LogP contribution in [0.25, 0.3) is 0 Å². The van der Waals surface area contributed by atoms with Crippen LogP contribution in [0.15, 0.2) is 42.5 Å². The molecule has 1 fully saturated rings. The molecule has 4 rings (SSSR count). The van der Waals surface area contributed by atoms with E-state index in [-0.39, 0.29) is 24.8 Å². The van der Waals surface area contributed by atoms with E-state index in [1.54, 1.807) is 30.3 Å². The van der Waals surface area contributed by atoms with Gasteiger partial charge in [-0.3, -0.25) is 10.1 Å². The molecule has 3 aromatic rings. The molecule has 206 valence electrons. The standard InChI is InChI=1S/C27H25F5N4O2S/c1-15-4-3-5-19(16(15)2)38-14-20(37)34-27(39)33-17-6-8-18(9-7-17)35-10-12-36(13-11-35)26-24(31)22(29)21(28)23(30)25(26)32/h3-9H,10-14H2,1-2H3,(H2,33,34,37,39). The largest absolute Gasteiger partial charge is 0.483 e. The number of aryl methyl sites for hydroxylation is 1. The van der Waals surface area contributed by atoms with Crippen molar-refractivity contribution < 1.29 is 31.5 Å². The monoisotopic (exact) mass is 564 g/mol. The van der Waals surface area contributed by atoms with E-state index in [1.165, 1.54) is 0 Å². The molecule has 0 bridgehead atoms. The molecule has 0 spiro atoms. The summed E-state index contributed by atoms with van der Waals surface area (Å²) in [7, 11) is 0. The van der Waals surface area contributed by atoms with E-state index in [1.807, 2.05) is 30.9 Å². The number of hydrogen-bond donors (Lipinski definition) is 2. The first-order valence-electron chi connectivity index (χ1n) is 12.0. The number of piperazine rings is 1. The van der Waals surface area contributed by atoms with Crippen molar-refractivity contribution >= 4 is 40.3 Å². The molecule has 1 aliphatic heterocycles. The van der Waals surface area contributed by atoms with Crippen LogP contribution in [0.5, 0.6) is 5.75 Å². The SMILES string of the molecule is Cc1cccc(OCC(=O)NC(=S)Nc2ccc(N3CCN(c4c(F)c(F)c(F)c(F)c4F)CC3)cc2)c1C. The molecule has 1 saturated heterocycles. The van der Waals surface area contributed by atoms with Crippen molar-refractivity contribution in [1.29, 1.82) is 0 Å². The molecule has 6 nitrogen and oxygen atoms in total. The van der Waals surface area contributed by atoms with Gasteiger partial charge in [0.15, 0.2) is 35.0 Å². The Morgan fingerprint density at radius 1 is 0.846 bits per heavy atom. The number of rotatable bonds is 6. The van der Waals surface area contributed by atoms with Gasteiger partial charge in [0.05, 0.1) is 0 Å². The highest BCUT2D eigenvalue weighted by Gasteiger charge is 2.30. The van der Waals surface area contributed by atoms with Crippen molar-refractivity contribution in [3.8, 4) is 5.75 Å². The van der Waals surface area contributed by atoms with Crippen LogP contribution in [-0.2, 0) is 4.79 Å². The lowest BCUT2D eigenvalue weighted by molar-refractivity contribution is -0.121. The third-order valence-corrected chi connectivity index (χ3v) is 6.64. The van der Waals surface area contributed by atoms with Gasteiger partial charge in [-0.15, -0.1) is 0 Å². The molecular formula is C27H25F5N4O2S. The Morgan fingerprint density at radius 2 is 1.41 bits per heavy atom. The van der Waals surface area contributed by atoms with Crippen molar-refractivity contribution in [2.45, 2.75) is 13.8 Å². The Labute approximate surface area is 227 Å². The Bertz CT molecular complexity index is 1370. The fourth-order valence-corrected chi connectivity index (χ4v) is 4.40. The zero-order valence-electron chi connectivity index (χ0n) is 21.1. The normalized spacial score (nSPS) is 13.3. The second-order valence-electron chi connectivity index (χ2n) is 8.93. The zero-order valence-corrected chi connectivity index (χ0v) is 21.9. The van der Waals surface area contributed by atoms with Gasteiger partial charge in [-0.25, -0.2) is 22.0 Å². The molecule has 2 N–H and O–H groups in total. The summed E-state index contributed by atoms with van der Waals surface area (Å²) in [5, 5.41) is 5.56. The lowest BCUT2D eigenvalue weighted by Gasteiger charge is -2.37. The van der Waals surface area contributed by atoms with Gasteiger partial charge in [0, 0.05) is 37.6 Å². The molecule has 0 saturated carbocycles. The van der Waals surface area contributed by atoms with Gasteiger partial charge >= 0.3 is 0 Å². The number of amides is 1. The molecule has 0 aromatic heterocycles.